The lowest BCUT2D eigenvalue weighted by Gasteiger charge is -2.27. The molecule has 1 aliphatic heterocycles. The summed E-state index contributed by atoms with van der Waals surface area (Å²) >= 11 is 0. The summed E-state index contributed by atoms with van der Waals surface area (Å²) < 4.78 is 0. The number of fused-ring (bicyclic) bond motifs is 1. The lowest BCUT2D eigenvalue weighted by atomic mass is 10.0. The first-order chi connectivity index (χ1) is 23.6. The molecule has 0 spiro atoms. The Morgan fingerprint density at radius 2 is 1.58 bits per heavy atom. The van der Waals surface area contributed by atoms with Crippen molar-refractivity contribution in [2.45, 2.75) is 25.4 Å². The number of rotatable bonds is 11. The van der Waals surface area contributed by atoms with Crippen molar-refractivity contribution >= 4 is 29.0 Å². The van der Waals surface area contributed by atoms with Crippen LogP contribution in [0.5, 0.6) is 0 Å². The van der Waals surface area contributed by atoms with E-state index in [2.05, 4.69) is 20.6 Å². The van der Waals surface area contributed by atoms with E-state index in [0.29, 0.717) is 42.1 Å². The Kier molecular flexibility index (Phi) is 8.76. The number of aromatic nitrogens is 3. The number of anilines is 3. The summed E-state index contributed by atoms with van der Waals surface area (Å²) in [6, 6.07) is 37.2. The Balaban J connectivity index is 1.22. The molecular weight excluding hydrogens is 600 g/mol. The zero-order valence-corrected chi connectivity index (χ0v) is 26.1. The van der Waals surface area contributed by atoms with Crippen LogP contribution >= 0.6 is 0 Å². The smallest absolute Gasteiger partial charge is 0.255 e. The molecule has 3 heterocycles. The molecule has 6 aromatic rings. The van der Waals surface area contributed by atoms with E-state index in [1.165, 1.54) is 0 Å². The van der Waals surface area contributed by atoms with Gasteiger partial charge in [0.25, 0.3) is 11.8 Å². The third kappa shape index (κ3) is 6.31. The summed E-state index contributed by atoms with van der Waals surface area (Å²) in [5.41, 5.74) is 6.78. The van der Waals surface area contributed by atoms with Crippen LogP contribution in [0.3, 0.4) is 0 Å². The maximum absolute atomic E-state index is 14.1. The first-order valence-corrected chi connectivity index (χ1v) is 15.9. The molecule has 2 amide bonds. The number of hydrogen-bond acceptors (Lipinski definition) is 6. The third-order valence-corrected chi connectivity index (χ3v) is 8.37. The lowest BCUT2D eigenvalue weighted by molar-refractivity contribution is -0.120. The molecule has 238 valence electrons. The van der Waals surface area contributed by atoms with Crippen LogP contribution in [0, 0.1) is 0 Å². The number of H-pyrrole nitrogens is 1. The number of benzene rings is 4. The molecule has 4 aromatic carbocycles. The molecule has 0 saturated heterocycles. The normalized spacial score (nSPS) is 12.9. The molecule has 48 heavy (non-hydrogen) atoms. The van der Waals surface area contributed by atoms with Crippen molar-refractivity contribution in [3.63, 3.8) is 0 Å². The van der Waals surface area contributed by atoms with Gasteiger partial charge in [0.2, 0.25) is 0 Å². The standard InChI is InChI=1S/C39H34N6O3/c46-23-11-21-33-43-34(35(44-33)32-20-10-22-40-37(32)41-29-16-5-2-6-17-29)27-15-9-18-30(24-27)42-38(47)36(26-12-3-1-4-13-26)45-25-28-14-7-8-19-31(28)39(45)48/h1-10,12-20,22,24,36,46H,11,21,23,25H2,(H,40,41)(H,42,47)(H,43,44). The maximum atomic E-state index is 14.1. The molecule has 0 bridgehead atoms. The highest BCUT2D eigenvalue weighted by Gasteiger charge is 2.37. The van der Waals surface area contributed by atoms with Gasteiger partial charge in [-0.2, -0.15) is 0 Å². The summed E-state index contributed by atoms with van der Waals surface area (Å²) in [5.74, 6) is 0.909. The Morgan fingerprint density at radius 1 is 0.854 bits per heavy atom. The van der Waals surface area contributed by atoms with Gasteiger partial charge in [0, 0.05) is 53.8 Å². The SMILES string of the molecule is O=C(Nc1cccc(-c2nc(CCCO)[nH]c2-c2cccnc2Nc2ccccc2)c1)C(c1ccccc1)N1Cc2ccccc2C1=O. The number of aliphatic hydroxyl groups excluding tert-OH is 1. The van der Waals surface area contributed by atoms with Crippen LogP contribution in [0.1, 0.15) is 39.8 Å². The van der Waals surface area contributed by atoms with Crippen molar-refractivity contribution in [1.29, 1.82) is 0 Å². The van der Waals surface area contributed by atoms with E-state index in [-0.39, 0.29) is 18.4 Å². The number of aliphatic hydroxyl groups is 1. The predicted molar refractivity (Wildman–Crippen MR) is 187 cm³/mol. The molecule has 0 radical (unpaired) electrons. The summed E-state index contributed by atoms with van der Waals surface area (Å²) in [6.07, 6.45) is 2.86. The number of amides is 2. The molecule has 0 saturated carbocycles. The predicted octanol–water partition coefficient (Wildman–Crippen LogP) is 7.14. The second kappa shape index (κ2) is 13.7. The topological polar surface area (TPSA) is 123 Å². The minimum Gasteiger partial charge on any atom is -0.396 e. The van der Waals surface area contributed by atoms with E-state index in [1.54, 1.807) is 17.2 Å². The molecule has 9 nitrogen and oxygen atoms in total. The van der Waals surface area contributed by atoms with Gasteiger partial charge in [-0.25, -0.2) is 9.97 Å². The van der Waals surface area contributed by atoms with E-state index in [4.69, 9.17) is 4.98 Å². The van der Waals surface area contributed by atoms with Crippen molar-refractivity contribution in [2.75, 3.05) is 17.2 Å². The molecule has 1 aliphatic rings. The molecule has 7 rings (SSSR count). The Morgan fingerprint density at radius 3 is 2.38 bits per heavy atom. The number of nitrogens with zero attached hydrogens (tertiary/aromatic N) is 3. The van der Waals surface area contributed by atoms with Gasteiger partial charge in [-0.1, -0.05) is 78.9 Å². The average Bonchev–Trinajstić information content (AvgIpc) is 3.70. The first kappa shape index (κ1) is 30.6. The van der Waals surface area contributed by atoms with Crippen molar-refractivity contribution < 1.29 is 14.7 Å². The molecule has 1 atom stereocenters. The van der Waals surface area contributed by atoms with Gasteiger partial charge < -0.3 is 25.6 Å². The fourth-order valence-corrected chi connectivity index (χ4v) is 6.10. The average molecular weight is 635 g/mol. The summed E-state index contributed by atoms with van der Waals surface area (Å²) in [4.78, 5) is 42.3. The maximum Gasteiger partial charge on any atom is 0.255 e. The van der Waals surface area contributed by atoms with E-state index in [1.807, 2.05) is 115 Å². The lowest BCUT2D eigenvalue weighted by Crippen LogP contribution is -2.37. The van der Waals surface area contributed by atoms with E-state index in [0.717, 1.165) is 39.5 Å². The Bertz CT molecular complexity index is 2060. The van der Waals surface area contributed by atoms with E-state index < -0.39 is 6.04 Å². The minimum atomic E-state index is -0.831. The molecule has 9 heteroatoms. The van der Waals surface area contributed by atoms with Crippen molar-refractivity contribution in [3.8, 4) is 22.5 Å². The van der Waals surface area contributed by atoms with Crippen molar-refractivity contribution in [2.24, 2.45) is 0 Å². The number of hydrogen-bond donors (Lipinski definition) is 4. The molecule has 4 N–H and O–H groups in total. The number of carbonyl (C=O) groups is 2. The summed E-state index contributed by atoms with van der Waals surface area (Å²) in [7, 11) is 0. The zero-order valence-electron chi connectivity index (χ0n) is 26.1. The van der Waals surface area contributed by atoms with E-state index in [9.17, 15) is 14.7 Å². The number of carbonyl (C=O) groups excluding carboxylic acids is 2. The van der Waals surface area contributed by atoms with Gasteiger partial charge in [-0.15, -0.1) is 0 Å². The van der Waals surface area contributed by atoms with Crippen LogP contribution < -0.4 is 10.6 Å². The highest BCUT2D eigenvalue weighted by molar-refractivity contribution is 6.04. The van der Waals surface area contributed by atoms with Gasteiger partial charge >= 0.3 is 0 Å². The molecule has 2 aromatic heterocycles. The van der Waals surface area contributed by atoms with Crippen LogP contribution in [-0.4, -0.2) is 43.4 Å². The van der Waals surface area contributed by atoms with Gasteiger partial charge in [-0.3, -0.25) is 9.59 Å². The Labute approximate surface area is 278 Å². The quantitative estimate of drug-likeness (QED) is 0.120. The van der Waals surface area contributed by atoms with Crippen LogP contribution in [0.25, 0.3) is 22.5 Å². The molecule has 1 unspecified atom stereocenters. The van der Waals surface area contributed by atoms with Gasteiger partial charge in [0.15, 0.2) is 0 Å². The number of pyridine rings is 1. The van der Waals surface area contributed by atoms with Gasteiger partial charge in [0.05, 0.1) is 11.4 Å². The van der Waals surface area contributed by atoms with Crippen LogP contribution in [0.2, 0.25) is 0 Å². The number of imidazole rings is 1. The number of para-hydroxylation sites is 1. The number of aryl methyl sites for hydroxylation is 1. The van der Waals surface area contributed by atoms with Gasteiger partial charge in [0.1, 0.15) is 17.7 Å². The zero-order chi connectivity index (χ0) is 32.9. The number of nitrogens with one attached hydrogen (secondary N) is 3. The highest BCUT2D eigenvalue weighted by atomic mass is 16.3. The van der Waals surface area contributed by atoms with Crippen LogP contribution in [-0.2, 0) is 17.8 Å². The van der Waals surface area contributed by atoms with Crippen LogP contribution in [0.4, 0.5) is 17.2 Å². The second-order valence-electron chi connectivity index (χ2n) is 11.6. The minimum absolute atomic E-state index is 0.0494. The highest BCUT2D eigenvalue weighted by Crippen LogP contribution is 2.37. The fraction of sp³-hybridized carbons (Fsp3) is 0.128. The monoisotopic (exact) mass is 634 g/mol. The van der Waals surface area contributed by atoms with Gasteiger partial charge in [-0.05, 0) is 60.0 Å². The number of aromatic amines is 1. The van der Waals surface area contributed by atoms with Crippen molar-refractivity contribution in [1.82, 2.24) is 19.9 Å². The molecule has 0 aliphatic carbocycles. The molecule has 0 fully saturated rings. The first-order valence-electron chi connectivity index (χ1n) is 15.9. The second-order valence-corrected chi connectivity index (χ2v) is 11.6. The Hall–Kier alpha value is -6.06. The van der Waals surface area contributed by atoms with Crippen LogP contribution in [0.15, 0.2) is 128 Å². The third-order valence-electron chi connectivity index (χ3n) is 8.37. The molecular formula is C39H34N6O3. The summed E-state index contributed by atoms with van der Waals surface area (Å²) in [5, 5.41) is 16.0. The van der Waals surface area contributed by atoms with E-state index >= 15 is 0 Å². The largest absolute Gasteiger partial charge is 0.396 e. The van der Waals surface area contributed by atoms with Crippen molar-refractivity contribution in [3.05, 3.63) is 150 Å². The summed E-state index contributed by atoms with van der Waals surface area (Å²) in [6.45, 7) is 0.396. The fourth-order valence-electron chi connectivity index (χ4n) is 6.10.